The van der Waals surface area contributed by atoms with Gasteiger partial charge in [0.25, 0.3) is 0 Å². The van der Waals surface area contributed by atoms with Crippen LogP contribution in [-0.2, 0) is 0 Å². The zero-order valence-corrected chi connectivity index (χ0v) is 24.4. The van der Waals surface area contributed by atoms with E-state index in [1.54, 1.807) is 30.5 Å². The Labute approximate surface area is 252 Å². The van der Waals surface area contributed by atoms with E-state index in [-0.39, 0.29) is 38.4 Å². The van der Waals surface area contributed by atoms with Crippen LogP contribution in [0.25, 0.3) is 39.3 Å². The van der Waals surface area contributed by atoms with Crippen LogP contribution in [0, 0.1) is 0 Å². The number of rotatable bonds is 9. The highest BCUT2D eigenvalue weighted by molar-refractivity contribution is 6.31. The van der Waals surface area contributed by atoms with Gasteiger partial charge in [-0.05, 0) is 62.2 Å². The molecule has 4 aromatic carbocycles. The number of carboxylic acid groups (broad SMARTS) is 1. The largest absolute Gasteiger partial charge is 0.478 e. The Morgan fingerprint density at radius 3 is 2.53 bits per heavy atom. The Kier molecular flexibility index (Phi) is 8.87. The second kappa shape index (κ2) is 12.9. The smallest absolute Gasteiger partial charge is 0.336 e. The summed E-state index contributed by atoms with van der Waals surface area (Å²) in [6.45, 7) is 5.25. The second-order valence-corrected chi connectivity index (χ2v) is 10.7. The number of nitrogens with zero attached hydrogens (tertiary/aromatic N) is 1. The molecule has 5 rings (SSSR count). The third-order valence-electron chi connectivity index (χ3n) is 6.83. The predicted octanol–water partition coefficient (Wildman–Crippen LogP) is 5.18. The molecule has 5 aromatic rings. The maximum atomic E-state index is 13.0. The first-order valence-electron chi connectivity index (χ1n) is 13.9. The van der Waals surface area contributed by atoms with Crippen molar-refractivity contribution in [2.45, 2.75) is 26.3 Å². The summed E-state index contributed by atoms with van der Waals surface area (Å²) in [6.07, 6.45) is 2.29. The number of fused-ring (bicyclic) bond motifs is 2. The first-order valence-corrected chi connectivity index (χ1v) is 14.3. The lowest BCUT2D eigenvalue weighted by Crippen LogP contribution is -2.27. The summed E-state index contributed by atoms with van der Waals surface area (Å²) in [4.78, 5) is 42.3. The van der Waals surface area contributed by atoms with Gasteiger partial charge in [0.1, 0.15) is 11.2 Å². The van der Waals surface area contributed by atoms with Gasteiger partial charge in [-0.2, -0.15) is 0 Å². The maximum Gasteiger partial charge on any atom is 0.336 e. The summed E-state index contributed by atoms with van der Waals surface area (Å²) in [5.41, 5.74) is 1.64. The van der Waals surface area contributed by atoms with Crippen molar-refractivity contribution in [3.63, 3.8) is 0 Å². The second-order valence-electron chi connectivity index (χ2n) is 10.3. The lowest BCUT2D eigenvalue weighted by Gasteiger charge is -2.13. The fraction of sp³-hybridized carbons (Fsp3) is 0.176. The number of carbonyl (C=O) groups is 1. The number of carboxylic acids is 1. The quantitative estimate of drug-likeness (QED) is 0.158. The van der Waals surface area contributed by atoms with Crippen molar-refractivity contribution in [2.24, 2.45) is 4.99 Å². The molecule has 0 fully saturated rings. The van der Waals surface area contributed by atoms with Crippen LogP contribution < -0.4 is 32.1 Å². The molecule has 0 bridgehead atoms. The zero-order chi connectivity index (χ0) is 30.5. The molecule has 0 saturated carbocycles. The summed E-state index contributed by atoms with van der Waals surface area (Å²) in [5, 5.41) is 18.6. The molecule has 0 atom stereocenters. The molecule has 0 radical (unpaired) electrons. The van der Waals surface area contributed by atoms with Crippen molar-refractivity contribution < 1.29 is 14.3 Å². The highest BCUT2D eigenvalue weighted by Crippen LogP contribution is 2.37. The Hall–Kier alpha value is -4.95. The number of halogens is 1. The van der Waals surface area contributed by atoms with Gasteiger partial charge in [-0.1, -0.05) is 48.0 Å². The first-order chi connectivity index (χ1) is 20.7. The van der Waals surface area contributed by atoms with E-state index in [2.05, 4.69) is 24.5 Å². The molecule has 1 aromatic heterocycles. The van der Waals surface area contributed by atoms with Crippen LogP contribution in [0.1, 0.15) is 30.6 Å². The average molecular weight is 596 g/mol. The number of benzene rings is 3. The van der Waals surface area contributed by atoms with Crippen molar-refractivity contribution in [1.82, 2.24) is 5.32 Å². The molecule has 3 N–H and O–H groups in total. The first kappa shape index (κ1) is 29.5. The van der Waals surface area contributed by atoms with E-state index in [1.807, 2.05) is 30.3 Å². The SMILES string of the molecule is CC(C)Nc1cccccc1=NCCCN/C=c1\c(=O)ccc2c(-c3ccccc3C(=O)O)c3cc(Cl)c(=O)cc3oc12. The van der Waals surface area contributed by atoms with Crippen molar-refractivity contribution in [3.05, 3.63) is 120 Å². The highest BCUT2D eigenvalue weighted by Gasteiger charge is 2.20. The van der Waals surface area contributed by atoms with Crippen molar-refractivity contribution in [2.75, 3.05) is 18.4 Å². The molecule has 8 nitrogen and oxygen atoms in total. The van der Waals surface area contributed by atoms with Gasteiger partial charge in [0.15, 0.2) is 5.43 Å². The van der Waals surface area contributed by atoms with Gasteiger partial charge in [0.2, 0.25) is 5.43 Å². The molecule has 0 amide bonds. The third-order valence-corrected chi connectivity index (χ3v) is 7.13. The van der Waals surface area contributed by atoms with Gasteiger partial charge in [-0.15, -0.1) is 0 Å². The van der Waals surface area contributed by atoms with Crippen molar-refractivity contribution >= 4 is 51.4 Å². The predicted molar refractivity (Wildman–Crippen MR) is 172 cm³/mol. The third kappa shape index (κ3) is 6.44. The molecule has 9 heteroatoms. The maximum absolute atomic E-state index is 13.0. The highest BCUT2D eigenvalue weighted by atomic mass is 35.5. The van der Waals surface area contributed by atoms with Crippen LogP contribution in [0.15, 0.2) is 97.9 Å². The summed E-state index contributed by atoms with van der Waals surface area (Å²) in [6, 6.07) is 22.4. The normalized spacial score (nSPS) is 12.3. The van der Waals surface area contributed by atoms with Crippen LogP contribution in [0.5, 0.6) is 0 Å². The fourth-order valence-corrected chi connectivity index (χ4v) is 5.10. The Balaban J connectivity index is 1.54. The van der Waals surface area contributed by atoms with Crippen LogP contribution in [0.4, 0.5) is 5.69 Å². The molecule has 218 valence electrons. The molecule has 0 saturated heterocycles. The number of aromatic carboxylic acids is 1. The molecule has 0 aliphatic rings. The van der Waals surface area contributed by atoms with Gasteiger partial charge in [0, 0.05) is 47.7 Å². The summed E-state index contributed by atoms with van der Waals surface area (Å²) < 4.78 is 6.14. The summed E-state index contributed by atoms with van der Waals surface area (Å²) in [5.74, 6) is -1.11. The van der Waals surface area contributed by atoms with Crippen LogP contribution >= 0.6 is 11.6 Å². The number of anilines is 1. The minimum absolute atomic E-state index is 0.0215. The fourth-order valence-electron chi connectivity index (χ4n) is 4.94. The van der Waals surface area contributed by atoms with E-state index in [0.717, 1.165) is 11.0 Å². The van der Waals surface area contributed by atoms with Gasteiger partial charge in [0.05, 0.1) is 26.8 Å². The van der Waals surface area contributed by atoms with Crippen LogP contribution in [0.3, 0.4) is 0 Å². The molecular formula is C34H30ClN3O5. The zero-order valence-electron chi connectivity index (χ0n) is 23.7. The summed E-state index contributed by atoms with van der Waals surface area (Å²) >= 11 is 6.20. The van der Waals surface area contributed by atoms with E-state index in [4.69, 9.17) is 21.0 Å². The molecule has 0 spiro atoms. The van der Waals surface area contributed by atoms with Gasteiger partial charge in [-0.3, -0.25) is 14.6 Å². The number of hydrogen-bond acceptors (Lipinski definition) is 7. The molecule has 0 aliphatic carbocycles. The van der Waals surface area contributed by atoms with E-state index in [0.29, 0.717) is 41.4 Å². The Morgan fingerprint density at radius 1 is 0.977 bits per heavy atom. The summed E-state index contributed by atoms with van der Waals surface area (Å²) in [7, 11) is 0. The standard InChI is InChI=1S/C34H30ClN3O5/c1-20(2)38-28-12-5-3-4-11-27(28)37-16-8-15-36-19-25-29(39)14-13-23-32(21-9-6-7-10-22(21)34(41)42)24-17-26(35)30(40)18-31(24)43-33(23)25/h3-7,9-14,17-20,36H,8,15-16H2,1-2H3,(H,37,38)(H,41,42)/b25-19+. The molecule has 1 heterocycles. The van der Waals surface area contributed by atoms with Gasteiger partial charge in [-0.25, -0.2) is 4.79 Å². The van der Waals surface area contributed by atoms with E-state index in [9.17, 15) is 19.5 Å². The van der Waals surface area contributed by atoms with Crippen molar-refractivity contribution in [3.8, 4) is 11.1 Å². The molecular weight excluding hydrogens is 566 g/mol. The van der Waals surface area contributed by atoms with Gasteiger partial charge >= 0.3 is 5.97 Å². The monoisotopic (exact) mass is 595 g/mol. The lowest BCUT2D eigenvalue weighted by molar-refractivity contribution is 0.0697. The average Bonchev–Trinajstić information content (AvgIpc) is 3.20. The van der Waals surface area contributed by atoms with E-state index in [1.165, 1.54) is 24.3 Å². The molecule has 43 heavy (non-hydrogen) atoms. The number of hydrogen-bond donors (Lipinski definition) is 3. The van der Waals surface area contributed by atoms with Crippen LogP contribution in [-0.4, -0.2) is 30.2 Å². The minimum Gasteiger partial charge on any atom is -0.478 e. The topological polar surface area (TPSA) is 121 Å². The Morgan fingerprint density at radius 2 is 1.74 bits per heavy atom. The van der Waals surface area contributed by atoms with E-state index < -0.39 is 11.4 Å². The van der Waals surface area contributed by atoms with Crippen LogP contribution in [0.2, 0.25) is 5.02 Å². The van der Waals surface area contributed by atoms with Crippen molar-refractivity contribution in [1.29, 1.82) is 0 Å². The van der Waals surface area contributed by atoms with E-state index >= 15 is 0 Å². The molecule has 0 unspecified atom stereocenters. The lowest BCUT2D eigenvalue weighted by atomic mass is 9.93. The molecule has 0 aliphatic heterocycles. The number of nitrogens with one attached hydrogen (secondary N) is 2. The van der Waals surface area contributed by atoms with Gasteiger partial charge < -0.3 is 20.2 Å². The minimum atomic E-state index is -1.11. The Bertz CT molecular complexity index is 2090.